The van der Waals surface area contributed by atoms with E-state index in [2.05, 4.69) is 18.8 Å². The van der Waals surface area contributed by atoms with Crippen LogP contribution in [0.25, 0.3) is 0 Å². The highest BCUT2D eigenvalue weighted by molar-refractivity contribution is 7.89. The smallest absolute Gasteiger partial charge is 0.336 e. The summed E-state index contributed by atoms with van der Waals surface area (Å²) in [6.45, 7) is 8.95. The molecule has 4 atom stereocenters. The molecule has 3 rings (SSSR count). The van der Waals surface area contributed by atoms with Gasteiger partial charge in [-0.3, -0.25) is 4.99 Å². The summed E-state index contributed by atoms with van der Waals surface area (Å²) in [5, 5.41) is 0. The van der Waals surface area contributed by atoms with Crippen LogP contribution in [0.3, 0.4) is 0 Å². The van der Waals surface area contributed by atoms with E-state index in [4.69, 9.17) is 4.74 Å². The van der Waals surface area contributed by atoms with Crippen LogP contribution < -0.4 is 0 Å². The fourth-order valence-electron chi connectivity index (χ4n) is 4.91. The Labute approximate surface area is 144 Å². The molecule has 1 heterocycles. The molecule has 0 saturated heterocycles. The number of sulfonamides is 1. The minimum atomic E-state index is -3.38. The molecule has 0 radical (unpaired) electrons. The number of nitrogens with zero attached hydrogens (tertiary/aromatic N) is 2. The summed E-state index contributed by atoms with van der Waals surface area (Å²) in [5.41, 5.74) is -0.647. The van der Waals surface area contributed by atoms with E-state index in [1.165, 1.54) is 4.31 Å². The van der Waals surface area contributed by atoms with Gasteiger partial charge in [0.15, 0.2) is 6.04 Å². The molecule has 1 unspecified atom stereocenters. The Morgan fingerprint density at radius 2 is 1.96 bits per heavy atom. The molecular weight excluding hydrogens is 328 g/mol. The zero-order valence-corrected chi connectivity index (χ0v) is 15.8. The number of carbonyl (C=O) groups excluding carboxylic acids is 1. The van der Waals surface area contributed by atoms with Gasteiger partial charge in [0.1, 0.15) is 6.10 Å². The molecule has 0 spiro atoms. The van der Waals surface area contributed by atoms with Crippen molar-refractivity contribution in [2.75, 3.05) is 18.8 Å². The maximum absolute atomic E-state index is 13.0. The lowest BCUT2D eigenvalue weighted by Gasteiger charge is -2.42. The van der Waals surface area contributed by atoms with Crippen LogP contribution >= 0.6 is 0 Å². The third-order valence-corrected chi connectivity index (χ3v) is 8.88. The molecule has 7 heteroatoms. The number of carbonyl (C=O) groups is 1. The number of ether oxygens (including phenoxy) is 1. The highest BCUT2D eigenvalue weighted by Gasteiger charge is 2.67. The average molecular weight is 356 g/mol. The van der Waals surface area contributed by atoms with Crippen molar-refractivity contribution in [1.82, 2.24) is 4.31 Å². The fourth-order valence-corrected chi connectivity index (χ4v) is 7.24. The first kappa shape index (κ1) is 17.9. The van der Waals surface area contributed by atoms with E-state index < -0.39 is 21.5 Å². The Kier molecular flexibility index (Phi) is 4.31. The molecule has 2 fully saturated rings. The Morgan fingerprint density at radius 1 is 1.33 bits per heavy atom. The van der Waals surface area contributed by atoms with Crippen LogP contribution in [0.2, 0.25) is 0 Å². The van der Waals surface area contributed by atoms with Crippen LogP contribution in [0.15, 0.2) is 4.99 Å². The average Bonchev–Trinajstić information content (AvgIpc) is 3.28. The molecule has 2 bridgehead atoms. The van der Waals surface area contributed by atoms with Gasteiger partial charge in [-0.1, -0.05) is 27.7 Å². The predicted octanol–water partition coefficient (Wildman–Crippen LogP) is 1.85. The molecule has 3 aliphatic rings. The lowest BCUT2D eigenvalue weighted by Crippen LogP contribution is -2.49. The van der Waals surface area contributed by atoms with Crippen molar-refractivity contribution >= 4 is 22.2 Å². The van der Waals surface area contributed by atoms with E-state index in [1.54, 1.807) is 6.21 Å². The summed E-state index contributed by atoms with van der Waals surface area (Å²) in [6, 6.07) is -0.441. The van der Waals surface area contributed by atoms with Crippen LogP contribution in [-0.2, 0) is 19.6 Å². The maximum Gasteiger partial charge on any atom is 0.336 e. The normalized spacial score (nSPS) is 36.3. The van der Waals surface area contributed by atoms with E-state index in [-0.39, 0.29) is 23.2 Å². The second kappa shape index (κ2) is 5.80. The molecule has 1 aliphatic heterocycles. The predicted molar refractivity (Wildman–Crippen MR) is 92.4 cm³/mol. The molecule has 0 amide bonds. The van der Waals surface area contributed by atoms with Gasteiger partial charge in [-0.15, -0.1) is 0 Å². The van der Waals surface area contributed by atoms with Crippen LogP contribution in [0.1, 0.15) is 47.0 Å². The van der Waals surface area contributed by atoms with Crippen molar-refractivity contribution in [3.05, 3.63) is 0 Å². The van der Waals surface area contributed by atoms with E-state index in [0.717, 1.165) is 19.3 Å². The highest BCUT2D eigenvalue weighted by Crippen LogP contribution is 2.67. The highest BCUT2D eigenvalue weighted by atomic mass is 32.2. The molecule has 6 nitrogen and oxygen atoms in total. The van der Waals surface area contributed by atoms with Gasteiger partial charge >= 0.3 is 5.97 Å². The molecule has 24 heavy (non-hydrogen) atoms. The number of fused-ring (bicyclic) bond motifs is 2. The van der Waals surface area contributed by atoms with Crippen LogP contribution in [0, 0.1) is 16.7 Å². The first-order valence-corrected chi connectivity index (χ1v) is 10.5. The molecule has 136 valence electrons. The topological polar surface area (TPSA) is 76.0 Å². The summed E-state index contributed by atoms with van der Waals surface area (Å²) in [6.07, 6.45) is 3.82. The zero-order valence-electron chi connectivity index (χ0n) is 15.0. The van der Waals surface area contributed by atoms with Crippen molar-refractivity contribution < 1.29 is 17.9 Å². The lowest BCUT2D eigenvalue weighted by molar-refractivity contribution is -0.155. The van der Waals surface area contributed by atoms with Gasteiger partial charge in [-0.2, -0.15) is 0 Å². The lowest BCUT2D eigenvalue weighted by atomic mass is 9.69. The summed E-state index contributed by atoms with van der Waals surface area (Å²) in [5.74, 6) is 0.138. The summed E-state index contributed by atoms with van der Waals surface area (Å²) in [7, 11) is -3.38. The summed E-state index contributed by atoms with van der Waals surface area (Å²) in [4.78, 5) is 16.0. The minimum Gasteiger partial charge on any atom is -0.460 e. The monoisotopic (exact) mass is 356 g/mol. The minimum absolute atomic E-state index is 0.0641. The maximum atomic E-state index is 13.0. The number of rotatable bonds is 7. The number of hydrogen-bond donors (Lipinski definition) is 0. The quantitative estimate of drug-likeness (QED) is 0.652. The zero-order chi connectivity index (χ0) is 17.8. The van der Waals surface area contributed by atoms with Crippen molar-refractivity contribution in [1.29, 1.82) is 0 Å². The second-order valence-corrected chi connectivity index (χ2v) is 9.83. The van der Waals surface area contributed by atoms with E-state index in [0.29, 0.717) is 19.0 Å². The third kappa shape index (κ3) is 2.60. The summed E-state index contributed by atoms with van der Waals surface area (Å²) >= 11 is 0. The fraction of sp³-hybridized carbons (Fsp3) is 0.882. The standard InChI is InChI=1S/C17H28N2O4S/c1-5-19(6-2)24(21,22)11-17-8-7-12(16(17,3)4)9-14(17)23-15(20)13-10-18-13/h10,12-14H,5-9,11H2,1-4H3/t12-,13?,14-,17-/m1/s1. The van der Waals surface area contributed by atoms with Gasteiger partial charge in [-0.25, -0.2) is 17.5 Å². The number of aliphatic imine (C=N–C) groups is 1. The van der Waals surface area contributed by atoms with Crippen molar-refractivity contribution in [2.24, 2.45) is 21.7 Å². The number of esters is 1. The van der Waals surface area contributed by atoms with Gasteiger partial charge in [0.05, 0.1) is 5.75 Å². The Balaban J connectivity index is 1.88. The molecule has 0 aromatic heterocycles. The molecule has 2 aliphatic carbocycles. The molecule has 2 saturated carbocycles. The Hall–Kier alpha value is -0.950. The molecular formula is C17H28N2O4S. The van der Waals surface area contributed by atoms with E-state index in [1.807, 2.05) is 13.8 Å². The molecule has 0 aromatic rings. The third-order valence-electron chi connectivity index (χ3n) is 6.69. The first-order chi connectivity index (χ1) is 11.2. The van der Waals surface area contributed by atoms with Gasteiger partial charge < -0.3 is 4.74 Å². The van der Waals surface area contributed by atoms with Gasteiger partial charge in [0.25, 0.3) is 0 Å². The van der Waals surface area contributed by atoms with Gasteiger partial charge in [0.2, 0.25) is 10.0 Å². The first-order valence-electron chi connectivity index (χ1n) is 8.89. The van der Waals surface area contributed by atoms with Crippen LogP contribution in [-0.4, -0.2) is 55.9 Å². The van der Waals surface area contributed by atoms with Gasteiger partial charge in [0, 0.05) is 24.7 Å². The van der Waals surface area contributed by atoms with E-state index >= 15 is 0 Å². The number of hydrogen-bond acceptors (Lipinski definition) is 5. The SMILES string of the molecule is CCN(CC)S(=O)(=O)C[C@]12CC[C@H](C[C@H]1OC(=O)C1C=N1)C2(C)C. The Morgan fingerprint density at radius 3 is 2.46 bits per heavy atom. The second-order valence-electron chi connectivity index (χ2n) is 7.86. The van der Waals surface area contributed by atoms with Gasteiger partial charge in [-0.05, 0) is 30.6 Å². The molecule has 0 N–H and O–H groups in total. The van der Waals surface area contributed by atoms with E-state index in [9.17, 15) is 13.2 Å². The van der Waals surface area contributed by atoms with Crippen molar-refractivity contribution in [3.63, 3.8) is 0 Å². The largest absolute Gasteiger partial charge is 0.460 e. The van der Waals surface area contributed by atoms with Crippen molar-refractivity contribution in [2.45, 2.75) is 59.1 Å². The molecule has 0 aromatic carbocycles. The van der Waals surface area contributed by atoms with Crippen LogP contribution in [0.5, 0.6) is 0 Å². The summed E-state index contributed by atoms with van der Waals surface area (Å²) < 4.78 is 33.2. The van der Waals surface area contributed by atoms with Crippen molar-refractivity contribution in [3.8, 4) is 0 Å². The Bertz CT molecular complexity index is 648. The van der Waals surface area contributed by atoms with Crippen LogP contribution in [0.4, 0.5) is 0 Å².